The quantitative estimate of drug-likeness (QED) is 0.849. The van der Waals surface area contributed by atoms with Crippen LogP contribution in [0.4, 0.5) is 0 Å². The second-order valence-electron chi connectivity index (χ2n) is 4.48. The van der Waals surface area contributed by atoms with E-state index in [0.717, 1.165) is 5.56 Å². The van der Waals surface area contributed by atoms with Crippen molar-refractivity contribution in [3.8, 4) is 6.07 Å². The molecule has 1 N–H and O–H groups in total. The van der Waals surface area contributed by atoms with Gasteiger partial charge < -0.3 is 14.7 Å². The topological polar surface area (TPSA) is 73.6 Å². The molecule has 0 saturated carbocycles. The number of nitrogens with zero attached hydrogens (tertiary/aromatic N) is 2. The Hall–Kier alpha value is -1.90. The molecule has 1 aliphatic rings. The van der Waals surface area contributed by atoms with E-state index < -0.39 is 0 Å². The first kappa shape index (κ1) is 13.5. The van der Waals surface area contributed by atoms with Crippen LogP contribution in [0, 0.1) is 11.3 Å². The summed E-state index contributed by atoms with van der Waals surface area (Å²) in [6.45, 7) is 1.32. The second kappa shape index (κ2) is 6.32. The van der Waals surface area contributed by atoms with Gasteiger partial charge in [-0.05, 0) is 17.7 Å². The van der Waals surface area contributed by atoms with Crippen molar-refractivity contribution in [2.75, 3.05) is 26.4 Å². The standard InChI is InChI=1S/C14H16N2O3/c15-8-12-3-1-11(2-4-12)7-14(18)16-5-6-19-10-13(16)9-17/h1-4,13,17H,5-7,9-10H2. The minimum atomic E-state index is -0.250. The van der Waals surface area contributed by atoms with Gasteiger partial charge in [0.15, 0.2) is 0 Å². The van der Waals surface area contributed by atoms with Gasteiger partial charge in [0, 0.05) is 6.54 Å². The number of ether oxygens (including phenoxy) is 1. The Kier molecular flexibility index (Phi) is 4.50. The Labute approximate surface area is 112 Å². The Morgan fingerprint density at radius 2 is 2.21 bits per heavy atom. The molecule has 1 heterocycles. The molecule has 2 rings (SSSR count). The van der Waals surface area contributed by atoms with Crippen molar-refractivity contribution >= 4 is 5.91 Å². The van der Waals surface area contributed by atoms with Crippen molar-refractivity contribution in [3.05, 3.63) is 35.4 Å². The molecule has 1 aromatic rings. The van der Waals surface area contributed by atoms with E-state index in [-0.39, 0.29) is 25.0 Å². The van der Waals surface area contributed by atoms with Crippen molar-refractivity contribution in [2.45, 2.75) is 12.5 Å². The molecular weight excluding hydrogens is 244 g/mol. The molecule has 1 saturated heterocycles. The number of amides is 1. The number of hydrogen-bond acceptors (Lipinski definition) is 4. The van der Waals surface area contributed by atoms with E-state index in [1.807, 2.05) is 6.07 Å². The van der Waals surface area contributed by atoms with Gasteiger partial charge in [-0.3, -0.25) is 4.79 Å². The second-order valence-corrected chi connectivity index (χ2v) is 4.48. The average Bonchev–Trinajstić information content (AvgIpc) is 2.48. The van der Waals surface area contributed by atoms with E-state index in [4.69, 9.17) is 10.00 Å². The van der Waals surface area contributed by atoms with Crippen molar-refractivity contribution in [1.82, 2.24) is 4.90 Å². The van der Waals surface area contributed by atoms with Crippen LogP contribution in [0.5, 0.6) is 0 Å². The first-order chi connectivity index (χ1) is 9.24. The van der Waals surface area contributed by atoms with Crippen LogP contribution in [-0.2, 0) is 16.0 Å². The smallest absolute Gasteiger partial charge is 0.227 e. The largest absolute Gasteiger partial charge is 0.394 e. The monoisotopic (exact) mass is 260 g/mol. The molecule has 1 unspecified atom stereocenters. The van der Waals surface area contributed by atoms with Crippen LogP contribution >= 0.6 is 0 Å². The molecule has 100 valence electrons. The maximum atomic E-state index is 12.2. The number of carbonyl (C=O) groups excluding carboxylic acids is 1. The van der Waals surface area contributed by atoms with Crippen LogP contribution in [-0.4, -0.2) is 48.3 Å². The lowest BCUT2D eigenvalue weighted by atomic mass is 10.1. The Bertz CT molecular complexity index is 478. The molecule has 0 bridgehead atoms. The van der Waals surface area contributed by atoms with Gasteiger partial charge in [0.25, 0.3) is 0 Å². The highest BCUT2D eigenvalue weighted by molar-refractivity contribution is 5.79. The zero-order chi connectivity index (χ0) is 13.7. The zero-order valence-corrected chi connectivity index (χ0v) is 10.6. The fourth-order valence-electron chi connectivity index (χ4n) is 2.11. The predicted octanol–water partition coefficient (Wildman–Crippen LogP) is 0.320. The summed E-state index contributed by atoms with van der Waals surface area (Å²) in [7, 11) is 0. The van der Waals surface area contributed by atoms with Gasteiger partial charge in [-0.25, -0.2) is 0 Å². The molecule has 5 heteroatoms. The number of nitriles is 1. The zero-order valence-electron chi connectivity index (χ0n) is 10.6. The van der Waals surface area contributed by atoms with Gasteiger partial charge in [-0.15, -0.1) is 0 Å². The highest BCUT2D eigenvalue weighted by Crippen LogP contribution is 2.11. The molecule has 0 aromatic heterocycles. The maximum Gasteiger partial charge on any atom is 0.227 e. The first-order valence-corrected chi connectivity index (χ1v) is 6.21. The number of morpholine rings is 1. The summed E-state index contributed by atoms with van der Waals surface area (Å²) in [5, 5.41) is 17.9. The normalized spacial score (nSPS) is 18.9. The summed E-state index contributed by atoms with van der Waals surface area (Å²) in [5.41, 5.74) is 1.45. The molecule has 1 amide bonds. The number of aliphatic hydroxyl groups is 1. The Morgan fingerprint density at radius 1 is 1.47 bits per heavy atom. The van der Waals surface area contributed by atoms with E-state index in [1.165, 1.54) is 0 Å². The van der Waals surface area contributed by atoms with Gasteiger partial charge in [-0.1, -0.05) is 12.1 Å². The van der Waals surface area contributed by atoms with Crippen LogP contribution < -0.4 is 0 Å². The predicted molar refractivity (Wildman–Crippen MR) is 68.3 cm³/mol. The van der Waals surface area contributed by atoms with Crippen molar-refractivity contribution in [3.63, 3.8) is 0 Å². The fraction of sp³-hybridized carbons (Fsp3) is 0.429. The van der Waals surface area contributed by atoms with Crippen LogP contribution in [0.2, 0.25) is 0 Å². The number of rotatable bonds is 3. The van der Waals surface area contributed by atoms with Gasteiger partial charge in [0.05, 0.1) is 43.9 Å². The Balaban J connectivity index is 2.01. The van der Waals surface area contributed by atoms with Gasteiger partial charge >= 0.3 is 0 Å². The summed E-state index contributed by atoms with van der Waals surface area (Å²) in [6, 6.07) is 8.76. The van der Waals surface area contributed by atoms with Crippen LogP contribution in [0.3, 0.4) is 0 Å². The lowest BCUT2D eigenvalue weighted by Crippen LogP contribution is -2.51. The van der Waals surface area contributed by atoms with E-state index in [1.54, 1.807) is 29.2 Å². The first-order valence-electron chi connectivity index (χ1n) is 6.21. The van der Waals surface area contributed by atoms with E-state index in [9.17, 15) is 9.90 Å². The summed E-state index contributed by atoms with van der Waals surface area (Å²) >= 11 is 0. The number of carbonyl (C=O) groups is 1. The molecule has 1 fully saturated rings. The van der Waals surface area contributed by atoms with E-state index >= 15 is 0 Å². The minimum Gasteiger partial charge on any atom is -0.394 e. The highest BCUT2D eigenvalue weighted by Gasteiger charge is 2.26. The molecule has 1 atom stereocenters. The third kappa shape index (κ3) is 3.31. The molecule has 1 aliphatic heterocycles. The lowest BCUT2D eigenvalue weighted by Gasteiger charge is -2.34. The van der Waals surface area contributed by atoms with Crippen LogP contribution in [0.25, 0.3) is 0 Å². The van der Waals surface area contributed by atoms with Crippen molar-refractivity contribution < 1.29 is 14.6 Å². The molecule has 5 nitrogen and oxygen atoms in total. The third-order valence-electron chi connectivity index (χ3n) is 3.20. The van der Waals surface area contributed by atoms with Crippen molar-refractivity contribution in [2.24, 2.45) is 0 Å². The Morgan fingerprint density at radius 3 is 2.84 bits per heavy atom. The number of aliphatic hydroxyl groups excluding tert-OH is 1. The maximum absolute atomic E-state index is 12.2. The molecular formula is C14H16N2O3. The SMILES string of the molecule is N#Cc1ccc(CC(=O)N2CCOCC2CO)cc1. The molecule has 1 aromatic carbocycles. The minimum absolute atomic E-state index is 0.0212. The molecule has 0 spiro atoms. The summed E-state index contributed by atoms with van der Waals surface area (Å²) < 4.78 is 5.24. The molecule has 19 heavy (non-hydrogen) atoms. The molecule has 0 aliphatic carbocycles. The summed E-state index contributed by atoms with van der Waals surface area (Å²) in [4.78, 5) is 13.9. The molecule has 0 radical (unpaired) electrons. The number of hydrogen-bond donors (Lipinski definition) is 1. The van der Waals surface area contributed by atoms with E-state index in [0.29, 0.717) is 25.3 Å². The average molecular weight is 260 g/mol. The highest BCUT2D eigenvalue weighted by atomic mass is 16.5. The summed E-state index contributed by atoms with van der Waals surface area (Å²) in [5.74, 6) is -0.0212. The van der Waals surface area contributed by atoms with Crippen molar-refractivity contribution in [1.29, 1.82) is 5.26 Å². The third-order valence-corrected chi connectivity index (χ3v) is 3.20. The lowest BCUT2D eigenvalue weighted by molar-refractivity contribution is -0.140. The summed E-state index contributed by atoms with van der Waals surface area (Å²) in [6.07, 6.45) is 0.280. The van der Waals surface area contributed by atoms with E-state index in [2.05, 4.69) is 0 Å². The number of benzene rings is 1. The van der Waals surface area contributed by atoms with Gasteiger partial charge in [-0.2, -0.15) is 5.26 Å². The van der Waals surface area contributed by atoms with Gasteiger partial charge in [0.1, 0.15) is 0 Å². The van der Waals surface area contributed by atoms with Crippen LogP contribution in [0.1, 0.15) is 11.1 Å². The fourth-order valence-corrected chi connectivity index (χ4v) is 2.11. The van der Waals surface area contributed by atoms with Crippen LogP contribution in [0.15, 0.2) is 24.3 Å². The van der Waals surface area contributed by atoms with Gasteiger partial charge in [0.2, 0.25) is 5.91 Å².